The fourth-order valence-corrected chi connectivity index (χ4v) is 5.63. The number of unbranched alkanes of at least 4 members (excludes halogenated alkanes) is 7. The minimum atomic E-state index is -0.133. The van der Waals surface area contributed by atoms with E-state index in [1.807, 2.05) is 18.3 Å². The van der Waals surface area contributed by atoms with Gasteiger partial charge in [0.2, 0.25) is 0 Å². The lowest BCUT2D eigenvalue weighted by Gasteiger charge is -2.28. The molecule has 2 aromatic rings. The van der Waals surface area contributed by atoms with E-state index in [1.54, 1.807) is 6.07 Å². The number of benzene rings is 1. The SMILES string of the molecule is CCCCCCCCC1CCC(CCc2ccc(-c3ccc(CCCCC)cn3)c(F)c2)CC1. The average molecular weight is 466 g/mol. The van der Waals surface area contributed by atoms with Gasteiger partial charge in [0.15, 0.2) is 0 Å². The molecule has 188 valence electrons. The number of pyridine rings is 1. The standard InChI is InChI=1S/C32H48FN/c1-3-5-7-8-9-11-12-26-14-16-27(17-15-26)18-19-28-20-22-30(31(33)24-28)32-23-21-29(25-34-32)13-10-6-4-2/h20-27H,3-19H2,1-2H3. The van der Waals surface area contributed by atoms with Crippen LogP contribution in [0.1, 0.15) is 121 Å². The molecule has 34 heavy (non-hydrogen) atoms. The van der Waals surface area contributed by atoms with Crippen LogP contribution in [0.5, 0.6) is 0 Å². The number of hydrogen-bond acceptors (Lipinski definition) is 1. The molecule has 0 atom stereocenters. The average Bonchev–Trinajstić information content (AvgIpc) is 2.86. The van der Waals surface area contributed by atoms with Gasteiger partial charge in [0, 0.05) is 11.8 Å². The van der Waals surface area contributed by atoms with E-state index < -0.39 is 0 Å². The van der Waals surface area contributed by atoms with E-state index in [1.165, 1.54) is 102 Å². The van der Waals surface area contributed by atoms with Gasteiger partial charge in [-0.25, -0.2) is 4.39 Å². The highest BCUT2D eigenvalue weighted by Crippen LogP contribution is 2.34. The first kappa shape index (κ1) is 26.9. The number of aromatic nitrogens is 1. The maximum absolute atomic E-state index is 14.9. The van der Waals surface area contributed by atoms with E-state index in [4.69, 9.17) is 0 Å². The van der Waals surface area contributed by atoms with Crippen molar-refractivity contribution >= 4 is 0 Å². The van der Waals surface area contributed by atoms with Crippen LogP contribution in [0.25, 0.3) is 11.3 Å². The Morgan fingerprint density at radius 3 is 2.03 bits per heavy atom. The number of aryl methyl sites for hydroxylation is 2. The topological polar surface area (TPSA) is 12.9 Å². The summed E-state index contributed by atoms with van der Waals surface area (Å²) in [5.74, 6) is 1.65. The molecule has 1 aromatic heterocycles. The fourth-order valence-electron chi connectivity index (χ4n) is 5.63. The zero-order valence-electron chi connectivity index (χ0n) is 22.0. The van der Waals surface area contributed by atoms with Crippen LogP contribution >= 0.6 is 0 Å². The molecule has 0 radical (unpaired) electrons. The van der Waals surface area contributed by atoms with E-state index in [2.05, 4.69) is 31.0 Å². The second-order valence-corrected chi connectivity index (χ2v) is 10.8. The van der Waals surface area contributed by atoms with E-state index in [9.17, 15) is 4.39 Å². The summed E-state index contributed by atoms with van der Waals surface area (Å²) < 4.78 is 14.9. The molecule has 3 rings (SSSR count). The number of rotatable bonds is 15. The lowest BCUT2D eigenvalue weighted by Crippen LogP contribution is -2.15. The highest BCUT2D eigenvalue weighted by atomic mass is 19.1. The third kappa shape index (κ3) is 9.16. The van der Waals surface area contributed by atoms with Gasteiger partial charge in [0.25, 0.3) is 0 Å². The summed E-state index contributed by atoms with van der Waals surface area (Å²) in [4.78, 5) is 4.54. The third-order valence-corrected chi connectivity index (χ3v) is 7.98. The van der Waals surface area contributed by atoms with Gasteiger partial charge in [-0.3, -0.25) is 4.98 Å². The molecular weight excluding hydrogens is 417 g/mol. The molecule has 1 aromatic carbocycles. The summed E-state index contributed by atoms with van der Waals surface area (Å²) in [6, 6.07) is 9.87. The summed E-state index contributed by atoms with van der Waals surface area (Å²) in [6.07, 6.45) is 24.3. The normalized spacial score (nSPS) is 18.3. The molecule has 1 fully saturated rings. The molecule has 0 amide bonds. The predicted octanol–water partition coefficient (Wildman–Crippen LogP) is 10.1. The van der Waals surface area contributed by atoms with E-state index in [0.717, 1.165) is 35.9 Å². The van der Waals surface area contributed by atoms with Gasteiger partial charge in [-0.2, -0.15) is 0 Å². The summed E-state index contributed by atoms with van der Waals surface area (Å²) >= 11 is 0. The van der Waals surface area contributed by atoms with Crippen molar-refractivity contribution in [1.82, 2.24) is 4.98 Å². The molecule has 1 aliphatic carbocycles. The van der Waals surface area contributed by atoms with Gasteiger partial charge < -0.3 is 0 Å². The maximum Gasteiger partial charge on any atom is 0.132 e. The van der Waals surface area contributed by atoms with Crippen LogP contribution in [0.15, 0.2) is 36.5 Å². The molecule has 1 nitrogen and oxygen atoms in total. The van der Waals surface area contributed by atoms with Crippen molar-refractivity contribution in [2.75, 3.05) is 0 Å². The van der Waals surface area contributed by atoms with Crippen LogP contribution in [0.4, 0.5) is 4.39 Å². The van der Waals surface area contributed by atoms with Gasteiger partial charge in [0.05, 0.1) is 5.69 Å². The van der Waals surface area contributed by atoms with E-state index >= 15 is 0 Å². The van der Waals surface area contributed by atoms with Crippen molar-refractivity contribution in [3.8, 4) is 11.3 Å². The first-order valence-corrected chi connectivity index (χ1v) is 14.4. The Hall–Kier alpha value is -1.70. The molecule has 0 aliphatic heterocycles. The first-order chi connectivity index (χ1) is 16.7. The second kappa shape index (κ2) is 15.3. The highest BCUT2D eigenvalue weighted by Gasteiger charge is 2.21. The molecule has 2 heteroatoms. The Kier molecular flexibility index (Phi) is 12.1. The maximum atomic E-state index is 14.9. The van der Waals surface area contributed by atoms with Gasteiger partial charge in [-0.1, -0.05) is 109 Å². The monoisotopic (exact) mass is 465 g/mol. The van der Waals surface area contributed by atoms with Crippen LogP contribution in [-0.4, -0.2) is 4.98 Å². The van der Waals surface area contributed by atoms with Crippen molar-refractivity contribution < 1.29 is 4.39 Å². The quantitative estimate of drug-likeness (QED) is 0.238. The molecule has 0 saturated heterocycles. The summed E-state index contributed by atoms with van der Waals surface area (Å²) in [5.41, 5.74) is 3.74. The van der Waals surface area contributed by atoms with Crippen LogP contribution in [0.2, 0.25) is 0 Å². The smallest absolute Gasteiger partial charge is 0.132 e. The molecule has 1 aliphatic rings. The Morgan fingerprint density at radius 2 is 1.35 bits per heavy atom. The lowest BCUT2D eigenvalue weighted by molar-refractivity contribution is 0.248. The Balaban J connectivity index is 1.38. The first-order valence-electron chi connectivity index (χ1n) is 14.4. The largest absolute Gasteiger partial charge is 0.256 e. The van der Waals surface area contributed by atoms with Gasteiger partial charge in [-0.15, -0.1) is 0 Å². The zero-order chi connectivity index (χ0) is 24.0. The van der Waals surface area contributed by atoms with E-state index in [-0.39, 0.29) is 5.82 Å². The van der Waals surface area contributed by atoms with Crippen LogP contribution in [0.3, 0.4) is 0 Å². The van der Waals surface area contributed by atoms with E-state index in [0.29, 0.717) is 5.56 Å². The summed E-state index contributed by atoms with van der Waals surface area (Å²) in [7, 11) is 0. The van der Waals surface area contributed by atoms with Crippen molar-refractivity contribution in [2.45, 2.75) is 123 Å². The van der Waals surface area contributed by atoms with Crippen molar-refractivity contribution in [1.29, 1.82) is 0 Å². The summed E-state index contributed by atoms with van der Waals surface area (Å²) in [5, 5.41) is 0. The van der Waals surface area contributed by atoms with Crippen molar-refractivity contribution in [3.05, 3.63) is 53.5 Å². The molecular formula is C32H48FN. The van der Waals surface area contributed by atoms with Crippen molar-refractivity contribution in [3.63, 3.8) is 0 Å². The Labute approximate surface area is 209 Å². The minimum absolute atomic E-state index is 0.133. The summed E-state index contributed by atoms with van der Waals surface area (Å²) in [6.45, 7) is 4.51. The lowest BCUT2D eigenvalue weighted by atomic mass is 9.77. The van der Waals surface area contributed by atoms with Gasteiger partial charge in [-0.05, 0) is 66.8 Å². The Morgan fingerprint density at radius 1 is 0.706 bits per heavy atom. The fraction of sp³-hybridized carbons (Fsp3) is 0.656. The second-order valence-electron chi connectivity index (χ2n) is 10.8. The number of halogens is 1. The zero-order valence-corrected chi connectivity index (χ0v) is 22.0. The van der Waals surface area contributed by atoms with Gasteiger partial charge in [0.1, 0.15) is 5.82 Å². The minimum Gasteiger partial charge on any atom is -0.256 e. The molecule has 0 N–H and O–H groups in total. The van der Waals surface area contributed by atoms with Gasteiger partial charge >= 0.3 is 0 Å². The highest BCUT2D eigenvalue weighted by molar-refractivity contribution is 5.60. The molecule has 0 unspecified atom stereocenters. The van der Waals surface area contributed by atoms with Crippen LogP contribution in [-0.2, 0) is 12.8 Å². The molecule has 0 spiro atoms. The third-order valence-electron chi connectivity index (χ3n) is 7.98. The molecule has 1 heterocycles. The van der Waals surface area contributed by atoms with Crippen LogP contribution in [0, 0.1) is 17.7 Å². The number of nitrogens with zero attached hydrogens (tertiary/aromatic N) is 1. The predicted molar refractivity (Wildman–Crippen MR) is 145 cm³/mol. The Bertz CT molecular complexity index is 804. The molecule has 1 saturated carbocycles. The van der Waals surface area contributed by atoms with Crippen LogP contribution < -0.4 is 0 Å². The molecule has 0 bridgehead atoms. The number of hydrogen-bond donors (Lipinski definition) is 0. The van der Waals surface area contributed by atoms with Crippen molar-refractivity contribution in [2.24, 2.45) is 11.8 Å².